The molecule has 0 radical (unpaired) electrons. The molecule has 0 unspecified atom stereocenters. The van der Waals surface area contributed by atoms with Crippen molar-refractivity contribution in [3.63, 3.8) is 0 Å². The highest BCUT2D eigenvalue weighted by Crippen LogP contribution is 2.27. The number of furan rings is 1. The molecule has 3 aromatic heterocycles. The molecule has 4 heterocycles. The van der Waals surface area contributed by atoms with Crippen LogP contribution in [0.3, 0.4) is 0 Å². The topological polar surface area (TPSA) is 63.6 Å². The number of rotatable bonds is 2. The van der Waals surface area contributed by atoms with Gasteiger partial charge in [-0.15, -0.1) is 10.2 Å². The number of hydrogen-bond donors (Lipinski definition) is 0. The summed E-state index contributed by atoms with van der Waals surface area (Å²) in [7, 11) is 0. The van der Waals surface area contributed by atoms with Gasteiger partial charge in [-0.25, -0.2) is 0 Å². The fourth-order valence-electron chi connectivity index (χ4n) is 3.10. The molecule has 1 aliphatic rings. The number of likely N-dealkylation sites (tertiary alicyclic amines) is 1. The second-order valence-corrected chi connectivity index (χ2v) is 6.46. The number of aromatic nitrogens is 3. The Kier molecular flexibility index (Phi) is 3.65. The summed E-state index contributed by atoms with van der Waals surface area (Å²) in [4.78, 5) is 14.4. The number of carbonyl (C=O) groups excluding carboxylic acids is 1. The van der Waals surface area contributed by atoms with E-state index in [0.717, 1.165) is 30.9 Å². The summed E-state index contributed by atoms with van der Waals surface area (Å²) in [6.45, 7) is 1.37. The van der Waals surface area contributed by atoms with E-state index in [1.54, 1.807) is 12.1 Å². The van der Waals surface area contributed by atoms with Crippen LogP contribution < -0.4 is 0 Å². The minimum atomic E-state index is -0.0748. The second-order valence-electron chi connectivity index (χ2n) is 5.68. The minimum Gasteiger partial charge on any atom is -0.444 e. The fourth-order valence-corrected chi connectivity index (χ4v) is 3.40. The molecule has 23 heavy (non-hydrogen) atoms. The lowest BCUT2D eigenvalue weighted by Gasteiger charge is -2.31. The summed E-state index contributed by atoms with van der Waals surface area (Å²) in [5, 5.41) is 8.54. The van der Waals surface area contributed by atoms with E-state index in [4.69, 9.17) is 4.42 Å². The quantitative estimate of drug-likeness (QED) is 0.691. The molecule has 0 spiro atoms. The average molecular weight is 375 g/mol. The Morgan fingerprint density at radius 2 is 2.17 bits per heavy atom. The molecule has 1 amide bonds. The van der Waals surface area contributed by atoms with Crippen molar-refractivity contribution in [1.82, 2.24) is 19.5 Å². The van der Waals surface area contributed by atoms with E-state index in [0.29, 0.717) is 17.0 Å². The monoisotopic (exact) mass is 374 g/mol. The first-order chi connectivity index (χ1) is 11.2. The van der Waals surface area contributed by atoms with Gasteiger partial charge in [0.25, 0.3) is 5.91 Å². The number of pyridine rings is 1. The first-order valence-corrected chi connectivity index (χ1v) is 8.36. The molecule has 0 saturated carbocycles. The molecule has 4 rings (SSSR count). The highest BCUT2D eigenvalue weighted by atomic mass is 79.9. The largest absolute Gasteiger partial charge is 0.444 e. The number of piperidine rings is 1. The van der Waals surface area contributed by atoms with E-state index in [2.05, 4.69) is 26.1 Å². The predicted octanol–water partition coefficient (Wildman–Crippen LogP) is 3.10. The van der Waals surface area contributed by atoms with E-state index < -0.39 is 0 Å². The first-order valence-electron chi connectivity index (χ1n) is 7.56. The van der Waals surface area contributed by atoms with Gasteiger partial charge in [-0.2, -0.15) is 0 Å². The van der Waals surface area contributed by atoms with Crippen molar-refractivity contribution in [2.45, 2.75) is 18.8 Å². The predicted molar refractivity (Wildman–Crippen MR) is 87.3 cm³/mol. The van der Waals surface area contributed by atoms with Gasteiger partial charge in [-0.3, -0.25) is 9.20 Å². The van der Waals surface area contributed by atoms with E-state index in [-0.39, 0.29) is 11.8 Å². The smallest absolute Gasteiger partial charge is 0.289 e. The Balaban J connectivity index is 1.58. The Bertz CT molecular complexity index is 857. The van der Waals surface area contributed by atoms with Crippen LogP contribution in [0, 0.1) is 0 Å². The SMILES string of the molecule is O=C(c1ccc(Br)o1)N1CCC[C@H](c2nnc3ccccn23)C1. The van der Waals surface area contributed by atoms with Crippen LogP contribution in [0.1, 0.15) is 35.1 Å². The lowest BCUT2D eigenvalue weighted by Crippen LogP contribution is -2.39. The van der Waals surface area contributed by atoms with Gasteiger partial charge < -0.3 is 9.32 Å². The summed E-state index contributed by atoms with van der Waals surface area (Å²) in [6, 6.07) is 9.27. The molecular formula is C16H15BrN4O2. The normalized spacial score (nSPS) is 18.5. The van der Waals surface area contributed by atoms with E-state index >= 15 is 0 Å². The molecule has 0 aromatic carbocycles. The van der Waals surface area contributed by atoms with Crippen LogP contribution in [0.25, 0.3) is 5.65 Å². The summed E-state index contributed by atoms with van der Waals surface area (Å²) >= 11 is 3.24. The maximum atomic E-state index is 12.6. The van der Waals surface area contributed by atoms with E-state index in [1.165, 1.54) is 0 Å². The van der Waals surface area contributed by atoms with Gasteiger partial charge in [-0.1, -0.05) is 6.07 Å². The van der Waals surface area contributed by atoms with E-state index in [9.17, 15) is 4.79 Å². The van der Waals surface area contributed by atoms with Crippen LogP contribution in [-0.4, -0.2) is 38.5 Å². The van der Waals surface area contributed by atoms with Gasteiger partial charge in [0, 0.05) is 25.2 Å². The highest BCUT2D eigenvalue weighted by Gasteiger charge is 2.29. The minimum absolute atomic E-state index is 0.0748. The molecule has 1 atom stereocenters. The lowest BCUT2D eigenvalue weighted by atomic mass is 9.97. The number of nitrogens with zero attached hydrogens (tertiary/aromatic N) is 4. The number of carbonyl (C=O) groups is 1. The maximum Gasteiger partial charge on any atom is 0.289 e. The van der Waals surface area contributed by atoms with Crippen molar-refractivity contribution in [1.29, 1.82) is 0 Å². The standard InChI is InChI=1S/C16H15BrN4O2/c17-13-7-6-12(23-13)16(22)20-8-3-4-11(10-20)15-19-18-14-5-1-2-9-21(14)15/h1-2,5-7,9,11H,3-4,8,10H2/t11-/m0/s1. The summed E-state index contributed by atoms with van der Waals surface area (Å²) in [6.07, 6.45) is 3.91. The van der Waals surface area contributed by atoms with Crippen molar-refractivity contribution in [3.8, 4) is 0 Å². The molecule has 1 fully saturated rings. The number of amides is 1. The third-order valence-corrected chi connectivity index (χ3v) is 4.62. The van der Waals surface area contributed by atoms with Gasteiger partial charge in [0.15, 0.2) is 16.1 Å². The second kappa shape index (κ2) is 5.81. The van der Waals surface area contributed by atoms with Crippen LogP contribution in [0.5, 0.6) is 0 Å². The fraction of sp³-hybridized carbons (Fsp3) is 0.312. The van der Waals surface area contributed by atoms with Crippen LogP contribution in [-0.2, 0) is 0 Å². The Morgan fingerprint density at radius 1 is 1.26 bits per heavy atom. The highest BCUT2D eigenvalue weighted by molar-refractivity contribution is 9.10. The molecule has 1 aliphatic heterocycles. The molecule has 1 saturated heterocycles. The lowest BCUT2D eigenvalue weighted by molar-refractivity contribution is 0.0670. The Labute approximate surface area is 141 Å². The molecule has 6 nitrogen and oxygen atoms in total. The number of fused-ring (bicyclic) bond motifs is 1. The Hall–Kier alpha value is -2.15. The number of hydrogen-bond acceptors (Lipinski definition) is 4. The molecule has 0 bridgehead atoms. The summed E-state index contributed by atoms with van der Waals surface area (Å²) in [5.74, 6) is 1.39. The van der Waals surface area contributed by atoms with Crippen molar-refractivity contribution >= 4 is 27.5 Å². The van der Waals surface area contributed by atoms with Crippen LogP contribution in [0.4, 0.5) is 0 Å². The first kappa shape index (κ1) is 14.4. The van der Waals surface area contributed by atoms with Gasteiger partial charge in [0.05, 0.1) is 0 Å². The average Bonchev–Trinajstić information content (AvgIpc) is 3.20. The zero-order valence-corrected chi connectivity index (χ0v) is 13.9. The van der Waals surface area contributed by atoms with Gasteiger partial charge in [0.2, 0.25) is 0 Å². The number of halogens is 1. The van der Waals surface area contributed by atoms with E-state index in [1.807, 2.05) is 33.7 Å². The van der Waals surface area contributed by atoms with Gasteiger partial charge in [-0.05, 0) is 53.0 Å². The van der Waals surface area contributed by atoms with Crippen LogP contribution in [0.2, 0.25) is 0 Å². The van der Waals surface area contributed by atoms with Crippen molar-refractivity contribution in [2.75, 3.05) is 13.1 Å². The molecule has 118 valence electrons. The van der Waals surface area contributed by atoms with Crippen LogP contribution >= 0.6 is 15.9 Å². The van der Waals surface area contributed by atoms with Crippen molar-refractivity contribution < 1.29 is 9.21 Å². The molecule has 3 aromatic rings. The third kappa shape index (κ3) is 2.65. The summed E-state index contributed by atoms with van der Waals surface area (Å²) < 4.78 is 7.96. The third-order valence-electron chi connectivity index (χ3n) is 4.20. The molecule has 0 N–H and O–H groups in total. The zero-order valence-electron chi connectivity index (χ0n) is 12.4. The zero-order chi connectivity index (χ0) is 15.8. The Morgan fingerprint density at radius 3 is 3.00 bits per heavy atom. The molecule has 0 aliphatic carbocycles. The molecule has 7 heteroatoms. The summed E-state index contributed by atoms with van der Waals surface area (Å²) in [5.41, 5.74) is 0.834. The van der Waals surface area contributed by atoms with Crippen molar-refractivity contribution in [2.24, 2.45) is 0 Å². The maximum absolute atomic E-state index is 12.6. The van der Waals surface area contributed by atoms with Gasteiger partial charge in [0.1, 0.15) is 5.82 Å². The molecular weight excluding hydrogens is 360 g/mol. The van der Waals surface area contributed by atoms with Gasteiger partial charge >= 0.3 is 0 Å². The van der Waals surface area contributed by atoms with Crippen LogP contribution in [0.15, 0.2) is 45.6 Å². The van der Waals surface area contributed by atoms with Crippen molar-refractivity contribution in [3.05, 3.63) is 52.8 Å².